The number of thiazole rings is 1. The molecule has 0 spiro atoms. The minimum absolute atomic E-state index is 0.0834. The van der Waals surface area contributed by atoms with Crippen LogP contribution in [0.15, 0.2) is 40.9 Å². The minimum Gasteiger partial charge on any atom is -0.549 e. The Morgan fingerprint density at radius 1 is 1.18 bits per heavy atom. The molecule has 0 radical (unpaired) electrons. The van der Waals surface area contributed by atoms with Gasteiger partial charge in [-0.25, -0.2) is 22.5 Å². The first-order valence-corrected chi connectivity index (χ1v) is 15.8. The lowest BCUT2D eigenvalue weighted by Crippen LogP contribution is -2.54. The maximum atomic E-state index is 13.3. The largest absolute Gasteiger partial charge is 0.549 e. The van der Waals surface area contributed by atoms with Gasteiger partial charge in [-0.05, 0) is 25.0 Å². The van der Waals surface area contributed by atoms with Crippen molar-refractivity contribution < 1.29 is 49.7 Å². The van der Waals surface area contributed by atoms with Crippen molar-refractivity contribution in [2.75, 3.05) is 19.3 Å². The van der Waals surface area contributed by atoms with Crippen LogP contribution >= 0.6 is 11.3 Å². The summed E-state index contributed by atoms with van der Waals surface area (Å²) >= 11 is 1.06. The summed E-state index contributed by atoms with van der Waals surface area (Å²) in [6, 6.07) is 6.94. The van der Waals surface area contributed by atoms with Gasteiger partial charge >= 0.3 is 10.1 Å². The number of carboxylic acids is 1. The van der Waals surface area contributed by atoms with Crippen molar-refractivity contribution in [3.63, 3.8) is 0 Å². The van der Waals surface area contributed by atoms with E-state index in [0.29, 0.717) is 27.7 Å². The number of halogens is 4. The molecule has 0 N–H and O–H groups in total. The number of nitrogens with zero attached hydrogens (tertiary/aromatic N) is 5. The van der Waals surface area contributed by atoms with Crippen LogP contribution in [0.4, 0.5) is 17.6 Å². The molecule has 18 heteroatoms. The molecule has 5 rings (SSSR count). The summed E-state index contributed by atoms with van der Waals surface area (Å²) in [6.45, 7) is -0.888. The van der Waals surface area contributed by atoms with E-state index in [1.165, 1.54) is 11.0 Å². The van der Waals surface area contributed by atoms with Gasteiger partial charge in [-0.2, -0.15) is 13.5 Å². The van der Waals surface area contributed by atoms with E-state index in [4.69, 9.17) is 9.02 Å². The first-order valence-electron chi connectivity index (χ1n) is 13.1. The number of piperidine rings is 1. The maximum Gasteiger partial charge on any atom is 0.306 e. The zero-order chi connectivity index (χ0) is 31.8. The number of hydrogen-bond donors (Lipinski definition) is 0. The summed E-state index contributed by atoms with van der Waals surface area (Å²) in [5.74, 6) is -2.01. The molecule has 1 aromatic carbocycles. The molecule has 1 fully saturated rings. The second-order valence-corrected chi connectivity index (χ2v) is 12.6. The number of aromatic nitrogens is 3. The Kier molecular flexibility index (Phi) is 8.66. The van der Waals surface area contributed by atoms with Gasteiger partial charge in [0.1, 0.15) is 34.4 Å². The van der Waals surface area contributed by atoms with Crippen molar-refractivity contribution in [1.82, 2.24) is 19.7 Å². The molecule has 0 aliphatic carbocycles. The Bertz CT molecular complexity index is 1700. The molecule has 2 aliphatic rings. The molecule has 0 saturated carbocycles. The van der Waals surface area contributed by atoms with Gasteiger partial charge in [0.05, 0.1) is 23.3 Å². The summed E-state index contributed by atoms with van der Waals surface area (Å²) in [5.41, 5.74) is -2.07. The quantitative estimate of drug-likeness (QED) is 0.236. The Labute approximate surface area is 252 Å². The van der Waals surface area contributed by atoms with E-state index in [1.807, 2.05) is 0 Å². The number of para-hydroxylation sites is 1. The predicted molar refractivity (Wildman–Crippen MR) is 144 cm³/mol. The van der Waals surface area contributed by atoms with Crippen LogP contribution in [0, 0.1) is 0 Å². The first-order chi connectivity index (χ1) is 20.8. The van der Waals surface area contributed by atoms with Crippen LogP contribution in [0.5, 0.6) is 5.75 Å². The summed E-state index contributed by atoms with van der Waals surface area (Å²) in [6.07, 6.45) is -6.00. The van der Waals surface area contributed by atoms with Crippen molar-refractivity contribution in [3.8, 4) is 5.75 Å². The Morgan fingerprint density at radius 2 is 1.89 bits per heavy atom. The molecular weight excluding hydrogens is 634 g/mol. The smallest absolute Gasteiger partial charge is 0.306 e. The summed E-state index contributed by atoms with van der Waals surface area (Å²) < 4.78 is 81.5. The number of hydrogen-bond acceptors (Lipinski definition) is 11. The lowest BCUT2D eigenvalue weighted by Gasteiger charge is -2.41. The van der Waals surface area contributed by atoms with Crippen LogP contribution in [0.2, 0.25) is 0 Å². The number of likely N-dealkylation sites (tertiary alicyclic amines) is 1. The predicted octanol–water partition coefficient (Wildman–Crippen LogP) is 2.73. The number of benzene rings is 1. The van der Waals surface area contributed by atoms with Gasteiger partial charge in [-0.15, -0.1) is 11.3 Å². The molecule has 2 aliphatic heterocycles. The average Bonchev–Trinajstić information content (AvgIpc) is 3.72. The van der Waals surface area contributed by atoms with Gasteiger partial charge in [0.15, 0.2) is 6.10 Å². The Balaban J connectivity index is 1.27. The van der Waals surface area contributed by atoms with Crippen molar-refractivity contribution in [2.24, 2.45) is 5.16 Å². The molecule has 1 saturated heterocycles. The third-order valence-electron chi connectivity index (χ3n) is 7.31. The van der Waals surface area contributed by atoms with E-state index >= 15 is 0 Å². The van der Waals surface area contributed by atoms with Gasteiger partial charge in [0.2, 0.25) is 5.91 Å². The normalized spacial score (nSPS) is 18.4. The fraction of sp³-hybridized carbons (Fsp3) is 0.423. The highest BCUT2D eigenvalue weighted by Gasteiger charge is 2.42. The van der Waals surface area contributed by atoms with Crippen molar-refractivity contribution in [2.45, 2.75) is 50.2 Å². The first kappa shape index (κ1) is 31.4. The molecule has 1 atom stereocenters. The van der Waals surface area contributed by atoms with E-state index in [-0.39, 0.29) is 43.1 Å². The standard InChI is InChI=1S/C26H25F4N5O7S2/c1-44(39,40)42-19-5-3-2-4-14(19)20-11-15(33-41-20)17-13-43-24(31-17)26(25(37)38)6-8-34(9-7-26)21(36)12-35-18(23(29)30)10-16(32-35)22(27)28/h2-5,10,13,20,22-23H,6-9,11-12H2,1H3,(H,37,38)/p-1. The second-order valence-electron chi connectivity index (χ2n) is 10.2. The van der Waals surface area contributed by atoms with Crippen LogP contribution in [-0.2, 0) is 36.5 Å². The molecule has 236 valence electrons. The molecule has 44 heavy (non-hydrogen) atoms. The van der Waals surface area contributed by atoms with Gasteiger partial charge in [0, 0.05) is 30.5 Å². The van der Waals surface area contributed by atoms with Gasteiger partial charge in [-0.3, -0.25) is 9.48 Å². The number of rotatable bonds is 10. The fourth-order valence-corrected chi connectivity index (χ4v) is 6.59. The summed E-state index contributed by atoms with van der Waals surface area (Å²) in [4.78, 5) is 36.5. The molecular formula is C26H24F4N5O7S2-. The number of carbonyl (C=O) groups is 2. The number of aliphatic carboxylic acids is 1. The van der Waals surface area contributed by atoms with Crippen LogP contribution in [0.25, 0.3) is 0 Å². The van der Waals surface area contributed by atoms with E-state index in [0.717, 1.165) is 17.6 Å². The zero-order valence-corrected chi connectivity index (χ0v) is 24.5. The SMILES string of the molecule is CS(=O)(=O)Oc1ccccc1C1CC(c2csc(C3(C(=O)[O-])CCN(C(=O)Cn4nc(C(F)F)cc4C(F)F)CC3)n2)=NO1. The number of oxime groups is 1. The topological polar surface area (TPSA) is 156 Å². The van der Waals surface area contributed by atoms with Crippen LogP contribution < -0.4 is 9.29 Å². The third-order valence-corrected chi connectivity index (χ3v) is 8.84. The van der Waals surface area contributed by atoms with Crippen LogP contribution in [-0.4, -0.2) is 65.0 Å². The third kappa shape index (κ3) is 6.40. The second kappa shape index (κ2) is 12.1. The van der Waals surface area contributed by atoms with E-state index in [2.05, 4.69) is 15.2 Å². The maximum absolute atomic E-state index is 13.3. The average molecular weight is 659 g/mol. The molecule has 1 unspecified atom stereocenters. The highest BCUT2D eigenvalue weighted by molar-refractivity contribution is 7.86. The molecule has 12 nitrogen and oxygen atoms in total. The molecule has 3 aromatic rings. The molecule has 0 bridgehead atoms. The highest BCUT2D eigenvalue weighted by atomic mass is 32.2. The van der Waals surface area contributed by atoms with Gasteiger partial charge in [-0.1, -0.05) is 23.4 Å². The molecule has 1 amide bonds. The lowest BCUT2D eigenvalue weighted by atomic mass is 9.79. The van der Waals surface area contributed by atoms with E-state index < -0.39 is 64.3 Å². The van der Waals surface area contributed by atoms with Gasteiger partial charge < -0.3 is 23.8 Å². The Morgan fingerprint density at radius 3 is 2.52 bits per heavy atom. The van der Waals surface area contributed by atoms with Crippen LogP contribution in [0.1, 0.15) is 65.9 Å². The fourth-order valence-electron chi connectivity index (χ4n) is 5.04. The van der Waals surface area contributed by atoms with Crippen molar-refractivity contribution in [3.05, 3.63) is 63.4 Å². The lowest BCUT2D eigenvalue weighted by molar-refractivity contribution is -0.315. The number of alkyl halides is 4. The number of amides is 1. The van der Waals surface area contributed by atoms with E-state index in [9.17, 15) is 40.7 Å². The van der Waals surface area contributed by atoms with Gasteiger partial charge in [0.25, 0.3) is 12.9 Å². The van der Waals surface area contributed by atoms with Crippen LogP contribution in [0.3, 0.4) is 0 Å². The van der Waals surface area contributed by atoms with Crippen molar-refractivity contribution >= 4 is 39.0 Å². The number of carbonyl (C=O) groups excluding carboxylic acids is 2. The number of carboxylic acid groups (broad SMARTS) is 1. The highest BCUT2D eigenvalue weighted by Crippen LogP contribution is 2.40. The monoisotopic (exact) mass is 658 g/mol. The Hall–Kier alpha value is -4.06. The van der Waals surface area contributed by atoms with Crippen molar-refractivity contribution in [1.29, 1.82) is 0 Å². The minimum atomic E-state index is -3.80. The van der Waals surface area contributed by atoms with E-state index in [1.54, 1.807) is 23.6 Å². The zero-order valence-electron chi connectivity index (χ0n) is 22.9. The molecule has 2 aromatic heterocycles. The summed E-state index contributed by atoms with van der Waals surface area (Å²) in [5, 5.41) is 21.7. The summed E-state index contributed by atoms with van der Waals surface area (Å²) in [7, 11) is -3.80. The molecule has 4 heterocycles.